The predicted molar refractivity (Wildman–Crippen MR) is 94.9 cm³/mol. The number of rotatable bonds is 4. The Balaban J connectivity index is 2.27. The third kappa shape index (κ3) is 5.05. The number of nitrogens with one attached hydrogen (secondary N) is 2. The van der Waals surface area contributed by atoms with E-state index in [0.29, 0.717) is 5.82 Å². The fourth-order valence-electron chi connectivity index (χ4n) is 1.80. The lowest BCUT2D eigenvalue weighted by molar-refractivity contribution is -0.128. The fraction of sp³-hybridized carbons (Fsp3) is 0.211. The summed E-state index contributed by atoms with van der Waals surface area (Å²) in [5, 5.41) is 5.39. The largest absolute Gasteiger partial charge is 0.321 e. The second-order valence-corrected chi connectivity index (χ2v) is 6.34. The summed E-state index contributed by atoms with van der Waals surface area (Å²) in [5.41, 5.74) is 0.380. The Bertz CT molecular complexity index is 732. The van der Waals surface area contributed by atoms with E-state index in [-0.39, 0.29) is 11.6 Å². The van der Waals surface area contributed by atoms with Crippen LogP contribution >= 0.6 is 0 Å². The lowest BCUT2D eigenvalue weighted by Gasteiger charge is -2.19. The van der Waals surface area contributed by atoms with Crippen molar-refractivity contribution in [1.82, 2.24) is 10.3 Å². The molecular formula is C19H21N3O2. The highest BCUT2D eigenvalue weighted by atomic mass is 16.2. The van der Waals surface area contributed by atoms with Gasteiger partial charge in [0.2, 0.25) is 5.91 Å². The summed E-state index contributed by atoms with van der Waals surface area (Å²) >= 11 is 0. The van der Waals surface area contributed by atoms with Crippen LogP contribution in [0.3, 0.4) is 0 Å². The van der Waals surface area contributed by atoms with Crippen molar-refractivity contribution < 1.29 is 9.59 Å². The standard InChI is InChI=1S/C19H21N3O2/c1-19(2,3)18(24)21-15(13-14-9-5-4-6-10-14)17(23)22-16-11-7-8-12-20-16/h4-13H,1-3H3,(H,21,24)(H,20,22,23)/b15-13+. The lowest BCUT2D eigenvalue weighted by Crippen LogP contribution is -2.38. The highest BCUT2D eigenvalue weighted by Gasteiger charge is 2.24. The molecule has 0 saturated heterocycles. The van der Waals surface area contributed by atoms with E-state index in [2.05, 4.69) is 15.6 Å². The average molecular weight is 323 g/mol. The molecule has 0 radical (unpaired) electrons. The first kappa shape index (κ1) is 17.4. The maximum absolute atomic E-state index is 12.5. The summed E-state index contributed by atoms with van der Waals surface area (Å²) in [7, 11) is 0. The molecule has 0 fully saturated rings. The molecule has 2 amide bonds. The Labute approximate surface area is 141 Å². The van der Waals surface area contributed by atoms with E-state index in [9.17, 15) is 9.59 Å². The predicted octanol–water partition coefficient (Wildman–Crippen LogP) is 3.22. The van der Waals surface area contributed by atoms with Gasteiger partial charge in [0.05, 0.1) is 0 Å². The van der Waals surface area contributed by atoms with E-state index in [1.54, 1.807) is 51.2 Å². The molecule has 1 heterocycles. The van der Waals surface area contributed by atoms with Gasteiger partial charge in [0.15, 0.2) is 0 Å². The van der Waals surface area contributed by atoms with Crippen molar-refractivity contribution in [2.24, 2.45) is 5.41 Å². The molecule has 124 valence electrons. The van der Waals surface area contributed by atoms with Crippen LogP contribution in [0.15, 0.2) is 60.4 Å². The maximum atomic E-state index is 12.5. The Kier molecular flexibility index (Phi) is 5.47. The van der Waals surface area contributed by atoms with E-state index in [0.717, 1.165) is 5.56 Å². The number of amides is 2. The number of carbonyl (C=O) groups is 2. The second kappa shape index (κ2) is 7.55. The third-order valence-corrected chi connectivity index (χ3v) is 3.19. The molecule has 0 aliphatic heterocycles. The van der Waals surface area contributed by atoms with Gasteiger partial charge < -0.3 is 10.6 Å². The monoisotopic (exact) mass is 323 g/mol. The Morgan fingerprint density at radius 3 is 2.25 bits per heavy atom. The van der Waals surface area contributed by atoms with Crippen LogP contribution in [0.2, 0.25) is 0 Å². The topological polar surface area (TPSA) is 71.1 Å². The first-order chi connectivity index (χ1) is 11.4. The first-order valence-corrected chi connectivity index (χ1v) is 7.67. The van der Waals surface area contributed by atoms with E-state index in [1.165, 1.54) is 0 Å². The van der Waals surface area contributed by atoms with Gasteiger partial charge in [0.25, 0.3) is 5.91 Å². The zero-order valence-corrected chi connectivity index (χ0v) is 14.0. The zero-order chi connectivity index (χ0) is 17.6. The number of benzene rings is 1. The van der Waals surface area contributed by atoms with E-state index < -0.39 is 11.3 Å². The van der Waals surface area contributed by atoms with E-state index >= 15 is 0 Å². The minimum Gasteiger partial charge on any atom is -0.321 e. The number of aromatic nitrogens is 1. The molecule has 2 aromatic rings. The molecule has 0 aliphatic rings. The molecule has 0 aliphatic carbocycles. The van der Waals surface area contributed by atoms with Crippen molar-refractivity contribution in [3.63, 3.8) is 0 Å². The van der Waals surface area contributed by atoms with Crippen molar-refractivity contribution in [2.45, 2.75) is 20.8 Å². The van der Waals surface area contributed by atoms with Crippen LogP contribution in [0.5, 0.6) is 0 Å². The van der Waals surface area contributed by atoms with E-state index in [4.69, 9.17) is 0 Å². The zero-order valence-electron chi connectivity index (χ0n) is 14.0. The fourth-order valence-corrected chi connectivity index (χ4v) is 1.80. The molecule has 5 heteroatoms. The van der Waals surface area contributed by atoms with Gasteiger partial charge in [0, 0.05) is 11.6 Å². The summed E-state index contributed by atoms with van der Waals surface area (Å²) in [5.74, 6) is -0.234. The van der Waals surface area contributed by atoms with Gasteiger partial charge in [0.1, 0.15) is 11.5 Å². The Morgan fingerprint density at radius 1 is 1.00 bits per heavy atom. The van der Waals surface area contributed by atoms with Gasteiger partial charge in [-0.05, 0) is 23.8 Å². The SMILES string of the molecule is CC(C)(C)C(=O)N/C(=C/c1ccccc1)C(=O)Nc1ccccn1. The van der Waals surface area contributed by atoms with Crippen LogP contribution in [0, 0.1) is 5.41 Å². The van der Waals surface area contributed by atoms with Gasteiger partial charge >= 0.3 is 0 Å². The van der Waals surface area contributed by atoms with Gasteiger partial charge in [-0.25, -0.2) is 4.98 Å². The number of carbonyl (C=O) groups excluding carboxylic acids is 2. The molecule has 2 rings (SSSR count). The molecule has 2 N–H and O–H groups in total. The molecule has 0 bridgehead atoms. The molecule has 1 aromatic carbocycles. The molecule has 1 aromatic heterocycles. The van der Waals surface area contributed by atoms with Crippen LogP contribution in [0.4, 0.5) is 5.82 Å². The van der Waals surface area contributed by atoms with Crippen LogP contribution in [-0.4, -0.2) is 16.8 Å². The van der Waals surface area contributed by atoms with Crippen molar-refractivity contribution in [3.05, 3.63) is 66.0 Å². The van der Waals surface area contributed by atoms with Crippen LogP contribution in [0.1, 0.15) is 26.3 Å². The molecule has 0 unspecified atom stereocenters. The number of anilines is 1. The summed E-state index contributed by atoms with van der Waals surface area (Å²) in [6, 6.07) is 14.6. The molecule has 5 nitrogen and oxygen atoms in total. The molecular weight excluding hydrogens is 302 g/mol. The molecule has 0 atom stereocenters. The van der Waals surface area contributed by atoms with Gasteiger partial charge in [-0.1, -0.05) is 57.2 Å². The molecule has 0 saturated carbocycles. The number of hydrogen-bond acceptors (Lipinski definition) is 3. The van der Waals surface area contributed by atoms with Gasteiger partial charge in [-0.2, -0.15) is 0 Å². The van der Waals surface area contributed by atoms with E-state index in [1.807, 2.05) is 30.3 Å². The first-order valence-electron chi connectivity index (χ1n) is 7.67. The number of hydrogen-bond donors (Lipinski definition) is 2. The normalized spacial score (nSPS) is 11.7. The average Bonchev–Trinajstić information content (AvgIpc) is 2.55. The summed E-state index contributed by atoms with van der Waals surface area (Å²) in [6.45, 7) is 5.37. The highest BCUT2D eigenvalue weighted by Crippen LogP contribution is 2.15. The second-order valence-electron chi connectivity index (χ2n) is 6.34. The summed E-state index contributed by atoms with van der Waals surface area (Å²) in [4.78, 5) is 28.9. The Hall–Kier alpha value is -2.95. The van der Waals surface area contributed by atoms with Crippen LogP contribution < -0.4 is 10.6 Å². The number of nitrogens with zero attached hydrogens (tertiary/aromatic N) is 1. The number of pyridine rings is 1. The minimum atomic E-state index is -0.610. The van der Waals surface area contributed by atoms with Gasteiger partial charge in [-0.3, -0.25) is 9.59 Å². The van der Waals surface area contributed by atoms with Crippen molar-refractivity contribution >= 4 is 23.7 Å². The van der Waals surface area contributed by atoms with Gasteiger partial charge in [-0.15, -0.1) is 0 Å². The molecule has 0 spiro atoms. The highest BCUT2D eigenvalue weighted by molar-refractivity contribution is 6.08. The smallest absolute Gasteiger partial charge is 0.273 e. The van der Waals surface area contributed by atoms with Crippen LogP contribution in [-0.2, 0) is 9.59 Å². The molecule has 24 heavy (non-hydrogen) atoms. The quantitative estimate of drug-likeness (QED) is 0.849. The van der Waals surface area contributed by atoms with Crippen molar-refractivity contribution in [2.75, 3.05) is 5.32 Å². The maximum Gasteiger partial charge on any atom is 0.273 e. The van der Waals surface area contributed by atoms with Crippen molar-refractivity contribution in [3.8, 4) is 0 Å². The van der Waals surface area contributed by atoms with Crippen molar-refractivity contribution in [1.29, 1.82) is 0 Å². The lowest BCUT2D eigenvalue weighted by atomic mass is 9.95. The summed E-state index contributed by atoms with van der Waals surface area (Å²) in [6.07, 6.45) is 3.23. The van der Waals surface area contributed by atoms with Crippen LogP contribution in [0.25, 0.3) is 6.08 Å². The Morgan fingerprint density at radius 2 is 1.67 bits per heavy atom. The summed E-state index contributed by atoms with van der Waals surface area (Å²) < 4.78 is 0. The third-order valence-electron chi connectivity index (χ3n) is 3.19. The minimum absolute atomic E-state index is 0.173.